The molecule has 0 saturated carbocycles. The Kier molecular flexibility index (Phi) is 5.12. The number of carbonyl (C=O) groups is 1. The minimum atomic E-state index is -0.454. The van der Waals surface area contributed by atoms with E-state index in [9.17, 15) is 4.79 Å². The van der Waals surface area contributed by atoms with Crippen LogP contribution in [0.2, 0.25) is 0 Å². The molecule has 6 heteroatoms. The monoisotopic (exact) mass is 377 g/mol. The summed E-state index contributed by atoms with van der Waals surface area (Å²) in [5.41, 5.74) is 5.01. The Bertz CT molecular complexity index is 980. The molecule has 1 aliphatic heterocycles. The molecule has 0 aliphatic carbocycles. The summed E-state index contributed by atoms with van der Waals surface area (Å²) >= 11 is 0. The number of aryl methyl sites for hydroxylation is 1. The number of hydroxylamine groups is 1. The number of benzene rings is 2. The van der Waals surface area contributed by atoms with Gasteiger partial charge in [-0.1, -0.05) is 24.3 Å². The van der Waals surface area contributed by atoms with E-state index in [0.29, 0.717) is 13.1 Å². The van der Waals surface area contributed by atoms with Crippen molar-refractivity contribution in [2.75, 3.05) is 13.1 Å². The molecule has 1 aromatic heterocycles. The van der Waals surface area contributed by atoms with Crippen LogP contribution in [0.4, 0.5) is 4.79 Å². The number of nitrogens with zero attached hydrogens (tertiary/aromatic N) is 2. The summed E-state index contributed by atoms with van der Waals surface area (Å²) in [6, 6.07) is 16.1. The highest BCUT2D eigenvalue weighted by Crippen LogP contribution is 2.28. The van der Waals surface area contributed by atoms with E-state index >= 15 is 0 Å². The van der Waals surface area contributed by atoms with Crippen LogP contribution in [0, 0.1) is 6.92 Å². The average Bonchev–Trinajstić information content (AvgIpc) is 2.74. The summed E-state index contributed by atoms with van der Waals surface area (Å²) in [6.07, 6.45) is 3.40. The zero-order valence-corrected chi connectivity index (χ0v) is 15.8. The van der Waals surface area contributed by atoms with E-state index in [1.54, 1.807) is 10.4 Å². The molecule has 28 heavy (non-hydrogen) atoms. The third-order valence-electron chi connectivity index (χ3n) is 5.28. The molecule has 144 valence electrons. The maximum Gasteiger partial charge on any atom is 0.341 e. The van der Waals surface area contributed by atoms with E-state index in [1.807, 2.05) is 31.3 Å². The number of rotatable bonds is 3. The van der Waals surface area contributed by atoms with Crippen LogP contribution in [0.1, 0.15) is 18.5 Å². The summed E-state index contributed by atoms with van der Waals surface area (Å²) in [4.78, 5) is 17.4. The number of carbonyl (C=O) groups excluding carboxylic acids is 1. The third-order valence-corrected chi connectivity index (χ3v) is 5.28. The Labute approximate surface area is 163 Å². The van der Waals surface area contributed by atoms with Crippen LogP contribution in [-0.4, -0.2) is 40.3 Å². The van der Waals surface area contributed by atoms with Crippen molar-refractivity contribution >= 4 is 16.8 Å². The van der Waals surface area contributed by atoms with Crippen LogP contribution < -0.4 is 10.2 Å². The quantitative estimate of drug-likeness (QED) is 0.531. The van der Waals surface area contributed by atoms with E-state index in [4.69, 9.17) is 9.94 Å². The molecule has 6 nitrogen and oxygen atoms in total. The highest BCUT2D eigenvalue weighted by atomic mass is 16.5. The molecule has 1 aliphatic rings. The fraction of sp³-hybridized carbons (Fsp3) is 0.273. The van der Waals surface area contributed by atoms with Gasteiger partial charge in [0.05, 0.1) is 0 Å². The van der Waals surface area contributed by atoms with Gasteiger partial charge < -0.3 is 9.64 Å². The van der Waals surface area contributed by atoms with Crippen molar-refractivity contribution in [1.82, 2.24) is 15.4 Å². The normalized spacial score (nSPS) is 14.9. The second kappa shape index (κ2) is 7.86. The summed E-state index contributed by atoms with van der Waals surface area (Å²) < 4.78 is 6.06. The first-order valence-corrected chi connectivity index (χ1v) is 9.45. The lowest BCUT2D eigenvalue weighted by molar-refractivity contribution is 0.0882. The number of hydrogen-bond acceptors (Lipinski definition) is 4. The SMILES string of the molecule is Cc1nccc2cc(-c3ccc(OC4CCN(C(=O)NO)CC4)cc3)ccc12. The van der Waals surface area contributed by atoms with Crippen molar-refractivity contribution in [2.45, 2.75) is 25.9 Å². The Morgan fingerprint density at radius 1 is 1.11 bits per heavy atom. The van der Waals surface area contributed by atoms with Gasteiger partial charge in [0.2, 0.25) is 0 Å². The molecule has 2 amide bonds. The number of piperidine rings is 1. The molecule has 0 radical (unpaired) electrons. The minimum absolute atomic E-state index is 0.0738. The van der Waals surface area contributed by atoms with Gasteiger partial charge in [-0.3, -0.25) is 10.2 Å². The zero-order valence-electron chi connectivity index (χ0n) is 15.8. The fourth-order valence-corrected chi connectivity index (χ4v) is 3.67. The van der Waals surface area contributed by atoms with Crippen molar-refractivity contribution in [3.05, 3.63) is 60.4 Å². The van der Waals surface area contributed by atoms with Crippen molar-refractivity contribution in [3.8, 4) is 16.9 Å². The topological polar surface area (TPSA) is 74.7 Å². The molecule has 2 aromatic carbocycles. The first-order chi connectivity index (χ1) is 13.6. The van der Waals surface area contributed by atoms with E-state index in [2.05, 4.69) is 35.3 Å². The van der Waals surface area contributed by atoms with Crippen molar-refractivity contribution in [1.29, 1.82) is 0 Å². The molecular weight excluding hydrogens is 354 g/mol. The summed E-state index contributed by atoms with van der Waals surface area (Å²) in [6.45, 7) is 3.16. The van der Waals surface area contributed by atoms with Gasteiger partial charge in [0.1, 0.15) is 11.9 Å². The number of likely N-dealkylation sites (tertiary alicyclic amines) is 1. The Morgan fingerprint density at radius 2 is 1.82 bits per heavy atom. The van der Waals surface area contributed by atoms with Crippen molar-refractivity contribution < 1.29 is 14.7 Å². The van der Waals surface area contributed by atoms with E-state index in [0.717, 1.165) is 35.4 Å². The molecule has 0 bridgehead atoms. The van der Waals surface area contributed by atoms with Crippen LogP contribution >= 0.6 is 0 Å². The lowest BCUT2D eigenvalue weighted by Crippen LogP contribution is -2.45. The standard InChI is InChI=1S/C22H23N3O3/c1-15-21-7-4-17(14-18(21)8-11-23-15)16-2-5-19(6-3-16)28-20-9-12-25(13-10-20)22(26)24-27/h2-8,11,14,20,27H,9-10,12-13H2,1H3,(H,24,26). The molecular formula is C22H23N3O3. The molecule has 2 N–H and O–H groups in total. The molecule has 3 aromatic rings. The van der Waals surface area contributed by atoms with Crippen LogP contribution in [0.5, 0.6) is 5.75 Å². The maximum atomic E-state index is 11.4. The summed E-state index contributed by atoms with van der Waals surface area (Å²) in [7, 11) is 0. The lowest BCUT2D eigenvalue weighted by atomic mass is 10.0. The predicted octanol–water partition coefficient (Wildman–Crippen LogP) is 4.15. The third kappa shape index (κ3) is 3.77. The van der Waals surface area contributed by atoms with Gasteiger partial charge in [-0.05, 0) is 47.7 Å². The van der Waals surface area contributed by atoms with Gasteiger partial charge in [-0.2, -0.15) is 0 Å². The predicted molar refractivity (Wildman–Crippen MR) is 107 cm³/mol. The average molecular weight is 377 g/mol. The number of fused-ring (bicyclic) bond motifs is 1. The first kappa shape index (κ1) is 18.3. The van der Waals surface area contributed by atoms with Crippen LogP contribution in [0.25, 0.3) is 21.9 Å². The fourth-order valence-electron chi connectivity index (χ4n) is 3.67. The highest BCUT2D eigenvalue weighted by molar-refractivity contribution is 5.88. The van der Waals surface area contributed by atoms with Crippen molar-refractivity contribution in [2.24, 2.45) is 0 Å². The van der Waals surface area contributed by atoms with E-state index in [-0.39, 0.29) is 6.10 Å². The van der Waals surface area contributed by atoms with Crippen LogP contribution in [-0.2, 0) is 0 Å². The molecule has 1 fully saturated rings. The van der Waals surface area contributed by atoms with Crippen LogP contribution in [0.15, 0.2) is 54.7 Å². The van der Waals surface area contributed by atoms with Crippen molar-refractivity contribution in [3.63, 3.8) is 0 Å². The van der Waals surface area contributed by atoms with Gasteiger partial charge in [0.25, 0.3) is 0 Å². The van der Waals surface area contributed by atoms with Crippen LogP contribution in [0.3, 0.4) is 0 Å². The van der Waals surface area contributed by atoms with Gasteiger partial charge >= 0.3 is 6.03 Å². The number of hydrogen-bond donors (Lipinski definition) is 2. The second-order valence-electron chi connectivity index (χ2n) is 7.08. The van der Waals surface area contributed by atoms with Gasteiger partial charge in [0, 0.05) is 43.2 Å². The number of ether oxygens (including phenoxy) is 1. The highest BCUT2D eigenvalue weighted by Gasteiger charge is 2.23. The largest absolute Gasteiger partial charge is 0.490 e. The molecule has 4 rings (SSSR count). The molecule has 0 spiro atoms. The maximum absolute atomic E-state index is 11.4. The number of nitrogens with one attached hydrogen (secondary N) is 1. The number of pyridine rings is 1. The molecule has 2 heterocycles. The lowest BCUT2D eigenvalue weighted by Gasteiger charge is -2.31. The summed E-state index contributed by atoms with van der Waals surface area (Å²) in [5.74, 6) is 0.828. The second-order valence-corrected chi connectivity index (χ2v) is 7.08. The van der Waals surface area contributed by atoms with Gasteiger partial charge in [0.15, 0.2) is 0 Å². The van der Waals surface area contributed by atoms with E-state index < -0.39 is 6.03 Å². The number of amides is 2. The smallest absolute Gasteiger partial charge is 0.341 e. The van der Waals surface area contributed by atoms with Gasteiger partial charge in [-0.15, -0.1) is 0 Å². The van der Waals surface area contributed by atoms with Gasteiger partial charge in [-0.25, -0.2) is 10.3 Å². The number of aromatic nitrogens is 1. The zero-order chi connectivity index (χ0) is 19.5. The Hall–Kier alpha value is -3.12. The Morgan fingerprint density at radius 3 is 2.54 bits per heavy atom. The molecule has 1 saturated heterocycles. The molecule has 0 atom stereocenters. The van der Waals surface area contributed by atoms with E-state index in [1.165, 1.54) is 10.8 Å². The minimum Gasteiger partial charge on any atom is -0.490 e. The number of urea groups is 1. The Balaban J connectivity index is 1.43. The molecule has 0 unspecified atom stereocenters. The summed E-state index contributed by atoms with van der Waals surface area (Å²) in [5, 5.41) is 11.1. The first-order valence-electron chi connectivity index (χ1n) is 9.45.